The number of hydrogen-bond acceptors (Lipinski definition) is 4. The lowest BCUT2D eigenvalue weighted by atomic mass is 9.91. The van der Waals surface area contributed by atoms with Gasteiger partial charge in [0.1, 0.15) is 10.5 Å². The zero-order chi connectivity index (χ0) is 19.8. The molecule has 0 N–H and O–H groups in total. The molecular weight excluding hydrogens is 381 g/mol. The highest BCUT2D eigenvalue weighted by atomic mass is 32.1. The Balaban J connectivity index is 2.04. The van der Waals surface area contributed by atoms with Crippen LogP contribution in [0.25, 0.3) is 22.6 Å². The number of thiophene rings is 1. The first-order valence-corrected chi connectivity index (χ1v) is 10.1. The van der Waals surface area contributed by atoms with E-state index in [1.165, 1.54) is 39.4 Å². The summed E-state index contributed by atoms with van der Waals surface area (Å²) in [5.41, 5.74) is -0.0911. The molecule has 0 spiro atoms. The lowest BCUT2D eigenvalue weighted by Crippen LogP contribution is -2.29. The highest BCUT2D eigenvalue weighted by Gasteiger charge is 2.19. The van der Waals surface area contributed by atoms with Crippen molar-refractivity contribution in [3.63, 3.8) is 0 Å². The SMILES string of the molecule is Cn1c(=O)/c(=C\c2ccc(-c3ccccc3F)s2)s/c1=C\C(=O)C(C)(C)C. The predicted octanol–water partition coefficient (Wildman–Crippen LogP) is 3.54. The summed E-state index contributed by atoms with van der Waals surface area (Å²) < 4.78 is 16.6. The van der Waals surface area contributed by atoms with E-state index >= 15 is 0 Å². The third-order valence-corrected chi connectivity index (χ3v) is 6.27. The van der Waals surface area contributed by atoms with Crippen LogP contribution in [0.3, 0.4) is 0 Å². The molecule has 0 saturated carbocycles. The number of ketones is 1. The Morgan fingerprint density at radius 1 is 1.11 bits per heavy atom. The molecule has 0 bridgehead atoms. The Morgan fingerprint density at radius 2 is 1.81 bits per heavy atom. The van der Waals surface area contributed by atoms with E-state index in [1.54, 1.807) is 31.3 Å². The smallest absolute Gasteiger partial charge is 0.268 e. The van der Waals surface area contributed by atoms with Gasteiger partial charge in [-0.25, -0.2) is 4.39 Å². The average Bonchev–Trinajstić information content (AvgIpc) is 3.16. The molecule has 3 nitrogen and oxygen atoms in total. The van der Waals surface area contributed by atoms with Gasteiger partial charge in [0.15, 0.2) is 5.78 Å². The van der Waals surface area contributed by atoms with Crippen molar-refractivity contribution in [3.05, 3.63) is 66.6 Å². The van der Waals surface area contributed by atoms with Crippen LogP contribution in [0, 0.1) is 11.2 Å². The van der Waals surface area contributed by atoms with Gasteiger partial charge < -0.3 is 4.57 Å². The fourth-order valence-corrected chi connectivity index (χ4v) is 4.48. The first kappa shape index (κ1) is 19.5. The van der Waals surface area contributed by atoms with Gasteiger partial charge in [-0.1, -0.05) is 39.0 Å². The molecule has 3 rings (SSSR count). The molecule has 27 heavy (non-hydrogen) atoms. The molecule has 140 valence electrons. The van der Waals surface area contributed by atoms with Crippen molar-refractivity contribution in [2.24, 2.45) is 12.5 Å². The van der Waals surface area contributed by atoms with E-state index in [-0.39, 0.29) is 17.2 Å². The predicted molar refractivity (Wildman–Crippen MR) is 111 cm³/mol. The number of carbonyl (C=O) groups excluding carboxylic acids is 1. The Kier molecular flexibility index (Phi) is 5.31. The minimum absolute atomic E-state index is 0.0242. The van der Waals surface area contributed by atoms with E-state index in [0.29, 0.717) is 14.8 Å². The molecule has 0 radical (unpaired) electrons. The van der Waals surface area contributed by atoms with Gasteiger partial charge in [-0.2, -0.15) is 0 Å². The van der Waals surface area contributed by atoms with Crippen molar-refractivity contribution in [2.45, 2.75) is 20.8 Å². The molecule has 0 saturated heterocycles. The van der Waals surface area contributed by atoms with E-state index in [4.69, 9.17) is 0 Å². The number of benzene rings is 1. The van der Waals surface area contributed by atoms with Crippen LogP contribution in [0.1, 0.15) is 25.6 Å². The average molecular weight is 402 g/mol. The Labute approximate surface area is 164 Å². The van der Waals surface area contributed by atoms with Crippen molar-refractivity contribution in [1.82, 2.24) is 4.57 Å². The van der Waals surface area contributed by atoms with Crippen LogP contribution in [0.15, 0.2) is 41.2 Å². The van der Waals surface area contributed by atoms with Gasteiger partial charge in [0.05, 0.1) is 4.53 Å². The Hall–Kier alpha value is -2.31. The van der Waals surface area contributed by atoms with Crippen LogP contribution >= 0.6 is 22.7 Å². The molecule has 0 aliphatic heterocycles. The largest absolute Gasteiger partial charge is 0.302 e. The fourth-order valence-electron chi connectivity index (χ4n) is 2.40. The van der Waals surface area contributed by atoms with Crippen LogP contribution < -0.4 is 14.8 Å². The lowest BCUT2D eigenvalue weighted by Gasteiger charge is -2.12. The van der Waals surface area contributed by atoms with Gasteiger partial charge in [-0.15, -0.1) is 22.7 Å². The van der Waals surface area contributed by atoms with Crippen molar-refractivity contribution >= 4 is 40.6 Å². The second kappa shape index (κ2) is 7.37. The number of nitrogens with zero attached hydrogens (tertiary/aromatic N) is 1. The van der Waals surface area contributed by atoms with Crippen LogP contribution in [-0.2, 0) is 11.8 Å². The van der Waals surface area contributed by atoms with E-state index in [9.17, 15) is 14.0 Å². The molecule has 2 aromatic heterocycles. The Bertz CT molecular complexity index is 1180. The summed E-state index contributed by atoms with van der Waals surface area (Å²) in [5.74, 6) is -0.292. The fraction of sp³-hybridized carbons (Fsp3) is 0.238. The van der Waals surface area contributed by atoms with E-state index in [2.05, 4.69) is 0 Å². The van der Waals surface area contributed by atoms with Gasteiger partial charge in [0.2, 0.25) is 0 Å². The molecule has 0 unspecified atom stereocenters. The molecule has 0 fully saturated rings. The molecule has 0 amide bonds. The number of rotatable bonds is 3. The van der Waals surface area contributed by atoms with Crippen LogP contribution in [0.4, 0.5) is 4.39 Å². The maximum absolute atomic E-state index is 14.0. The van der Waals surface area contributed by atoms with Gasteiger partial charge in [0, 0.05) is 33.9 Å². The summed E-state index contributed by atoms with van der Waals surface area (Å²) in [6.45, 7) is 5.54. The normalized spacial score (nSPS) is 13.4. The van der Waals surface area contributed by atoms with Crippen molar-refractivity contribution in [1.29, 1.82) is 0 Å². The number of carbonyl (C=O) groups is 1. The quantitative estimate of drug-likeness (QED) is 0.673. The zero-order valence-corrected chi connectivity index (χ0v) is 17.2. The summed E-state index contributed by atoms with van der Waals surface area (Å²) in [5, 5.41) is 0. The molecule has 6 heteroatoms. The highest BCUT2D eigenvalue weighted by Crippen LogP contribution is 2.30. The molecule has 0 aliphatic rings. The molecule has 2 heterocycles. The van der Waals surface area contributed by atoms with Gasteiger partial charge in [-0.05, 0) is 24.3 Å². The molecule has 0 atom stereocenters. The first-order chi connectivity index (χ1) is 12.7. The monoisotopic (exact) mass is 401 g/mol. The third-order valence-electron chi connectivity index (χ3n) is 4.09. The van der Waals surface area contributed by atoms with Crippen molar-refractivity contribution < 1.29 is 9.18 Å². The molecular formula is C21H20FNO2S2. The summed E-state index contributed by atoms with van der Waals surface area (Å²) >= 11 is 2.71. The van der Waals surface area contributed by atoms with Gasteiger partial charge in [0.25, 0.3) is 5.56 Å². The van der Waals surface area contributed by atoms with E-state index in [1.807, 2.05) is 32.9 Å². The number of aromatic nitrogens is 1. The van der Waals surface area contributed by atoms with Crippen molar-refractivity contribution in [2.75, 3.05) is 0 Å². The van der Waals surface area contributed by atoms with E-state index < -0.39 is 5.41 Å². The number of Topliss-reactive ketones (excluding diaryl/α,β-unsaturated/α-hetero) is 1. The lowest BCUT2D eigenvalue weighted by molar-refractivity contribution is -0.120. The summed E-state index contributed by atoms with van der Waals surface area (Å²) in [6.07, 6.45) is 3.32. The zero-order valence-electron chi connectivity index (χ0n) is 15.6. The standard InChI is InChI=1S/C21H20FNO2S2/c1-21(2,3)18(24)12-19-23(4)20(25)17(27-19)11-13-9-10-16(26-13)14-7-5-6-8-15(14)22/h5-12H,1-4H3/b17-11+,19-12-. The number of hydrogen-bond donors (Lipinski definition) is 0. The summed E-state index contributed by atoms with van der Waals surface area (Å²) in [7, 11) is 1.66. The minimum Gasteiger partial charge on any atom is -0.302 e. The van der Waals surface area contributed by atoms with Gasteiger partial charge >= 0.3 is 0 Å². The van der Waals surface area contributed by atoms with Gasteiger partial charge in [-0.3, -0.25) is 9.59 Å². The first-order valence-electron chi connectivity index (χ1n) is 8.45. The summed E-state index contributed by atoms with van der Waals surface area (Å²) in [6, 6.07) is 10.3. The Morgan fingerprint density at radius 3 is 2.48 bits per heavy atom. The maximum atomic E-state index is 14.0. The third kappa shape index (κ3) is 4.17. The number of thiazole rings is 1. The van der Waals surface area contributed by atoms with Crippen LogP contribution in [0.5, 0.6) is 0 Å². The second-order valence-corrected chi connectivity index (χ2v) is 9.43. The second-order valence-electron chi connectivity index (χ2n) is 7.25. The highest BCUT2D eigenvalue weighted by molar-refractivity contribution is 7.16. The van der Waals surface area contributed by atoms with Crippen LogP contribution in [-0.4, -0.2) is 10.4 Å². The molecule has 0 aliphatic carbocycles. The van der Waals surface area contributed by atoms with Crippen molar-refractivity contribution in [3.8, 4) is 10.4 Å². The molecule has 3 aromatic rings. The minimum atomic E-state index is -0.494. The maximum Gasteiger partial charge on any atom is 0.268 e. The topological polar surface area (TPSA) is 39.1 Å². The number of halogens is 1. The molecule has 1 aromatic carbocycles. The summed E-state index contributed by atoms with van der Waals surface area (Å²) in [4.78, 5) is 26.4. The van der Waals surface area contributed by atoms with Crippen LogP contribution in [0.2, 0.25) is 0 Å². The van der Waals surface area contributed by atoms with E-state index in [0.717, 1.165) is 9.75 Å².